The first kappa shape index (κ1) is 15.2. The fourth-order valence-corrected chi connectivity index (χ4v) is 2.84. The zero-order chi connectivity index (χ0) is 16.4. The van der Waals surface area contributed by atoms with E-state index in [1.807, 2.05) is 61.6 Å². The summed E-state index contributed by atoms with van der Waals surface area (Å²) in [6.07, 6.45) is 9.39. The summed E-state index contributed by atoms with van der Waals surface area (Å²) in [4.78, 5) is 25.0. The molecular formula is C19H18N2O2. The number of ketones is 1. The van der Waals surface area contributed by atoms with Gasteiger partial charge in [-0.1, -0.05) is 61.6 Å². The molecule has 116 valence electrons. The second-order valence-electron chi connectivity index (χ2n) is 5.72. The molecule has 0 aliphatic heterocycles. The van der Waals surface area contributed by atoms with E-state index in [1.165, 1.54) is 17.8 Å². The summed E-state index contributed by atoms with van der Waals surface area (Å²) in [6, 6.07) is 9.13. The molecule has 0 radical (unpaired) electrons. The summed E-state index contributed by atoms with van der Waals surface area (Å²) in [7, 11) is 0. The molecule has 4 heteroatoms. The van der Waals surface area contributed by atoms with Gasteiger partial charge in [0.05, 0.1) is 23.4 Å². The molecule has 0 fully saturated rings. The quantitative estimate of drug-likeness (QED) is 0.817. The van der Waals surface area contributed by atoms with Crippen LogP contribution in [-0.2, 0) is 0 Å². The Morgan fingerprint density at radius 2 is 1.83 bits per heavy atom. The predicted octanol–water partition coefficient (Wildman–Crippen LogP) is 3.42. The molecule has 0 saturated heterocycles. The number of Topliss-reactive ketones (excluding diaryl/α,β-unsaturated/α-hetero) is 1. The van der Waals surface area contributed by atoms with E-state index in [0.717, 1.165) is 5.56 Å². The van der Waals surface area contributed by atoms with Gasteiger partial charge in [0.2, 0.25) is 0 Å². The topological polar surface area (TPSA) is 52.0 Å². The summed E-state index contributed by atoms with van der Waals surface area (Å²) in [5.41, 5.74) is 1.28. The Labute approximate surface area is 134 Å². The van der Waals surface area contributed by atoms with Crippen molar-refractivity contribution in [2.24, 2.45) is 5.92 Å². The van der Waals surface area contributed by atoms with E-state index in [-0.39, 0.29) is 23.3 Å². The van der Waals surface area contributed by atoms with Crippen LogP contribution in [0.1, 0.15) is 30.2 Å². The number of carbonyl (C=O) groups is 1. The molecule has 1 aliphatic carbocycles. The predicted molar refractivity (Wildman–Crippen MR) is 90.4 cm³/mol. The van der Waals surface area contributed by atoms with Crippen molar-refractivity contribution in [3.8, 4) is 11.1 Å². The van der Waals surface area contributed by atoms with Gasteiger partial charge < -0.3 is 0 Å². The smallest absolute Gasteiger partial charge is 0.275 e. The largest absolute Gasteiger partial charge is 0.294 e. The van der Waals surface area contributed by atoms with Crippen LogP contribution < -0.4 is 5.56 Å². The van der Waals surface area contributed by atoms with Crippen molar-refractivity contribution >= 4 is 5.78 Å². The zero-order valence-electron chi connectivity index (χ0n) is 13.1. The molecule has 0 N–H and O–H groups in total. The lowest BCUT2D eigenvalue weighted by Crippen LogP contribution is -2.32. The van der Waals surface area contributed by atoms with Crippen LogP contribution in [0.2, 0.25) is 0 Å². The molecule has 1 aliphatic rings. The van der Waals surface area contributed by atoms with Gasteiger partial charge in [0.1, 0.15) is 0 Å². The number of nitrogens with zero attached hydrogens (tertiary/aromatic N) is 2. The standard InChI is InChI=1S/C19H18N2O2/c1-13-8-6-7-11-17(13)21-19(23)18(15-9-4-3-5-10-15)16(12-20-21)14(2)22/h3-13,17H,1-2H3. The third kappa shape index (κ3) is 2.80. The minimum absolute atomic E-state index is 0.143. The molecule has 1 heterocycles. The number of benzene rings is 1. The summed E-state index contributed by atoms with van der Waals surface area (Å²) in [5, 5.41) is 4.26. The zero-order valence-corrected chi connectivity index (χ0v) is 13.1. The molecule has 0 saturated carbocycles. The number of rotatable bonds is 3. The van der Waals surface area contributed by atoms with Crippen LogP contribution in [0.4, 0.5) is 0 Å². The number of aromatic nitrogens is 2. The lowest BCUT2D eigenvalue weighted by atomic mass is 9.96. The Balaban J connectivity index is 2.23. The number of hydrogen-bond acceptors (Lipinski definition) is 3. The molecule has 0 amide bonds. The Hall–Kier alpha value is -2.75. The lowest BCUT2D eigenvalue weighted by Gasteiger charge is -2.22. The maximum absolute atomic E-state index is 13.0. The second-order valence-corrected chi connectivity index (χ2v) is 5.72. The Morgan fingerprint density at radius 3 is 2.48 bits per heavy atom. The molecular weight excluding hydrogens is 288 g/mol. The van der Waals surface area contributed by atoms with Crippen LogP contribution in [0, 0.1) is 5.92 Å². The highest BCUT2D eigenvalue weighted by molar-refractivity contribution is 6.00. The van der Waals surface area contributed by atoms with Crippen LogP contribution in [0.5, 0.6) is 0 Å². The first-order chi connectivity index (χ1) is 11.1. The highest BCUT2D eigenvalue weighted by atomic mass is 16.1. The van der Waals surface area contributed by atoms with Crippen LogP contribution >= 0.6 is 0 Å². The van der Waals surface area contributed by atoms with E-state index in [2.05, 4.69) is 5.10 Å². The van der Waals surface area contributed by atoms with Crippen LogP contribution in [0.15, 0.2) is 65.6 Å². The Kier molecular flexibility index (Phi) is 4.06. The van der Waals surface area contributed by atoms with Gasteiger partial charge in [-0.2, -0.15) is 5.10 Å². The molecule has 3 rings (SSSR count). The number of carbonyl (C=O) groups excluding carboxylic acids is 1. The van der Waals surface area contributed by atoms with Gasteiger partial charge in [0.25, 0.3) is 5.56 Å². The highest BCUT2D eigenvalue weighted by Crippen LogP contribution is 2.25. The minimum Gasteiger partial charge on any atom is -0.294 e. The molecule has 23 heavy (non-hydrogen) atoms. The van der Waals surface area contributed by atoms with Gasteiger partial charge in [0, 0.05) is 5.92 Å². The highest BCUT2D eigenvalue weighted by Gasteiger charge is 2.22. The SMILES string of the molecule is CC(=O)c1cnn(C2C=CC=CC2C)c(=O)c1-c1ccccc1. The van der Waals surface area contributed by atoms with Gasteiger partial charge in [-0.25, -0.2) is 4.68 Å². The van der Waals surface area contributed by atoms with E-state index in [4.69, 9.17) is 0 Å². The van der Waals surface area contributed by atoms with Crippen molar-refractivity contribution in [2.45, 2.75) is 19.9 Å². The number of allylic oxidation sites excluding steroid dienone is 4. The van der Waals surface area contributed by atoms with E-state index in [9.17, 15) is 9.59 Å². The summed E-state index contributed by atoms with van der Waals surface area (Å²) in [6.45, 7) is 3.50. The van der Waals surface area contributed by atoms with Crippen molar-refractivity contribution in [3.05, 3.63) is 76.8 Å². The molecule has 4 nitrogen and oxygen atoms in total. The monoisotopic (exact) mass is 306 g/mol. The van der Waals surface area contributed by atoms with Crippen molar-refractivity contribution in [1.82, 2.24) is 9.78 Å². The molecule has 1 aromatic heterocycles. The maximum atomic E-state index is 13.0. The average Bonchev–Trinajstić information content (AvgIpc) is 2.56. The van der Waals surface area contributed by atoms with Crippen molar-refractivity contribution < 1.29 is 4.79 Å². The van der Waals surface area contributed by atoms with Crippen molar-refractivity contribution in [2.75, 3.05) is 0 Å². The molecule has 2 unspecified atom stereocenters. The van der Waals surface area contributed by atoms with Crippen molar-refractivity contribution in [3.63, 3.8) is 0 Å². The fourth-order valence-electron chi connectivity index (χ4n) is 2.84. The third-order valence-corrected chi connectivity index (χ3v) is 4.10. The second kappa shape index (κ2) is 6.16. The maximum Gasteiger partial charge on any atom is 0.275 e. The lowest BCUT2D eigenvalue weighted by molar-refractivity contribution is 0.101. The van der Waals surface area contributed by atoms with Gasteiger partial charge in [0.15, 0.2) is 5.78 Å². The van der Waals surface area contributed by atoms with Crippen LogP contribution in [0.25, 0.3) is 11.1 Å². The molecule has 1 aromatic carbocycles. The summed E-state index contributed by atoms with van der Waals surface area (Å²) < 4.78 is 1.47. The van der Waals surface area contributed by atoms with Gasteiger partial charge in [-0.05, 0) is 12.5 Å². The molecule has 0 spiro atoms. The molecule has 2 atom stereocenters. The molecule has 0 bridgehead atoms. The fraction of sp³-hybridized carbons (Fsp3) is 0.211. The normalized spacial score (nSPS) is 19.7. The van der Waals surface area contributed by atoms with Crippen LogP contribution in [0.3, 0.4) is 0 Å². The summed E-state index contributed by atoms with van der Waals surface area (Å²) >= 11 is 0. The minimum atomic E-state index is -0.235. The number of hydrogen-bond donors (Lipinski definition) is 0. The van der Waals surface area contributed by atoms with Gasteiger partial charge >= 0.3 is 0 Å². The Bertz CT molecular complexity index is 847. The molecule has 2 aromatic rings. The first-order valence-electron chi connectivity index (χ1n) is 7.62. The van der Waals surface area contributed by atoms with Gasteiger partial charge in [-0.3, -0.25) is 9.59 Å². The first-order valence-corrected chi connectivity index (χ1v) is 7.62. The Morgan fingerprint density at radius 1 is 1.13 bits per heavy atom. The third-order valence-electron chi connectivity index (χ3n) is 4.10. The average molecular weight is 306 g/mol. The van der Waals surface area contributed by atoms with Crippen LogP contribution in [-0.4, -0.2) is 15.6 Å². The van der Waals surface area contributed by atoms with E-state index in [0.29, 0.717) is 11.1 Å². The van der Waals surface area contributed by atoms with Gasteiger partial charge in [-0.15, -0.1) is 0 Å². The van der Waals surface area contributed by atoms with Crippen molar-refractivity contribution in [1.29, 1.82) is 0 Å². The van der Waals surface area contributed by atoms with E-state index >= 15 is 0 Å². The summed E-state index contributed by atoms with van der Waals surface area (Å²) in [5.74, 6) is 0.00438. The van der Waals surface area contributed by atoms with E-state index in [1.54, 1.807) is 0 Å². The van der Waals surface area contributed by atoms with E-state index < -0.39 is 0 Å².